The van der Waals surface area contributed by atoms with Crippen LogP contribution in [0.4, 0.5) is 5.69 Å². The van der Waals surface area contributed by atoms with Gasteiger partial charge in [-0.25, -0.2) is 0 Å². The lowest BCUT2D eigenvalue weighted by molar-refractivity contribution is -0.117. The molecule has 6 nitrogen and oxygen atoms in total. The minimum Gasteiger partial charge on any atom is -0.495 e. The summed E-state index contributed by atoms with van der Waals surface area (Å²) >= 11 is 0. The summed E-state index contributed by atoms with van der Waals surface area (Å²) in [5, 5.41) is 3.00. The van der Waals surface area contributed by atoms with E-state index < -0.39 is 0 Å². The van der Waals surface area contributed by atoms with Crippen LogP contribution >= 0.6 is 0 Å². The van der Waals surface area contributed by atoms with Crippen molar-refractivity contribution in [2.45, 2.75) is 38.8 Å². The van der Waals surface area contributed by atoms with Crippen molar-refractivity contribution < 1.29 is 14.3 Å². The Labute approximate surface area is 156 Å². The molecule has 1 aromatic carbocycles. The van der Waals surface area contributed by atoms with E-state index in [9.17, 15) is 4.79 Å². The summed E-state index contributed by atoms with van der Waals surface area (Å²) < 4.78 is 11.0. The van der Waals surface area contributed by atoms with Crippen LogP contribution in [0.1, 0.15) is 25.3 Å². The van der Waals surface area contributed by atoms with E-state index >= 15 is 0 Å². The molecule has 1 amide bonds. The topological polar surface area (TPSA) is 54.0 Å². The van der Waals surface area contributed by atoms with E-state index in [1.165, 1.54) is 0 Å². The molecule has 6 heteroatoms. The molecule has 1 N–H and O–H groups in total. The first-order valence-electron chi connectivity index (χ1n) is 9.57. The number of hydrogen-bond acceptors (Lipinski definition) is 5. The molecule has 2 saturated heterocycles. The van der Waals surface area contributed by atoms with Crippen LogP contribution in [-0.2, 0) is 9.53 Å². The zero-order chi connectivity index (χ0) is 18.5. The second-order valence-corrected chi connectivity index (χ2v) is 7.44. The van der Waals surface area contributed by atoms with E-state index in [1.54, 1.807) is 7.11 Å². The van der Waals surface area contributed by atoms with E-state index in [2.05, 4.69) is 22.0 Å². The zero-order valence-corrected chi connectivity index (χ0v) is 16.2. The number of aryl methyl sites for hydroxylation is 1. The van der Waals surface area contributed by atoms with E-state index in [0.29, 0.717) is 24.4 Å². The number of benzene rings is 1. The fraction of sp³-hybridized carbons (Fsp3) is 0.650. The van der Waals surface area contributed by atoms with Gasteiger partial charge >= 0.3 is 0 Å². The minimum absolute atomic E-state index is 0.0207. The van der Waals surface area contributed by atoms with Crippen molar-refractivity contribution in [1.29, 1.82) is 0 Å². The quantitative estimate of drug-likeness (QED) is 0.871. The molecule has 3 rings (SSSR count). The van der Waals surface area contributed by atoms with Crippen LogP contribution in [0.15, 0.2) is 18.2 Å². The Morgan fingerprint density at radius 1 is 1.31 bits per heavy atom. The molecule has 1 aromatic rings. The number of carbonyl (C=O) groups is 1. The third-order valence-electron chi connectivity index (χ3n) is 5.34. The summed E-state index contributed by atoms with van der Waals surface area (Å²) in [4.78, 5) is 17.3. The van der Waals surface area contributed by atoms with Crippen molar-refractivity contribution in [2.75, 3.05) is 51.8 Å². The number of hydrogen-bond donors (Lipinski definition) is 1. The average Bonchev–Trinajstić information content (AvgIpc) is 2.62. The number of amides is 1. The number of carbonyl (C=O) groups excluding carboxylic acids is 1. The number of rotatable bonds is 5. The van der Waals surface area contributed by atoms with Gasteiger partial charge in [-0.2, -0.15) is 0 Å². The van der Waals surface area contributed by atoms with Crippen molar-refractivity contribution in [1.82, 2.24) is 9.80 Å². The van der Waals surface area contributed by atoms with E-state index in [4.69, 9.17) is 9.47 Å². The number of anilines is 1. The Bertz CT molecular complexity index is 614. The normalized spacial score (nSPS) is 23.0. The summed E-state index contributed by atoms with van der Waals surface area (Å²) in [6, 6.07) is 6.44. The molecule has 2 aliphatic rings. The molecule has 2 aliphatic heterocycles. The van der Waals surface area contributed by atoms with Crippen molar-refractivity contribution in [3.05, 3.63) is 23.8 Å². The minimum atomic E-state index is 0.0207. The summed E-state index contributed by atoms with van der Waals surface area (Å²) in [6.07, 6.45) is 2.57. The largest absolute Gasteiger partial charge is 0.495 e. The van der Waals surface area contributed by atoms with Gasteiger partial charge in [-0.1, -0.05) is 6.07 Å². The molecular weight excluding hydrogens is 330 g/mol. The van der Waals surface area contributed by atoms with Gasteiger partial charge < -0.3 is 14.8 Å². The fourth-order valence-electron chi connectivity index (χ4n) is 3.93. The maximum Gasteiger partial charge on any atom is 0.238 e. The van der Waals surface area contributed by atoms with E-state index in [-0.39, 0.29) is 5.91 Å². The van der Waals surface area contributed by atoms with Crippen LogP contribution in [0.25, 0.3) is 0 Å². The lowest BCUT2D eigenvalue weighted by atomic mass is 10.0. The summed E-state index contributed by atoms with van der Waals surface area (Å²) in [5.41, 5.74) is 1.84. The number of piperidine rings is 1. The number of nitrogens with one attached hydrogen (secondary N) is 1. The third kappa shape index (κ3) is 4.96. The Balaban J connectivity index is 1.47. The van der Waals surface area contributed by atoms with Crippen LogP contribution in [0.2, 0.25) is 0 Å². The monoisotopic (exact) mass is 361 g/mol. The van der Waals surface area contributed by atoms with Gasteiger partial charge in [0.2, 0.25) is 5.91 Å². The predicted octanol–water partition coefficient (Wildman–Crippen LogP) is 2.13. The second-order valence-electron chi connectivity index (χ2n) is 7.44. The highest BCUT2D eigenvalue weighted by molar-refractivity contribution is 5.93. The molecule has 0 aliphatic carbocycles. The SMILES string of the molecule is COc1ccc(C)cc1NC(=O)CN1CCC(N2CCOC(C)C2)CC1. The molecule has 0 aromatic heterocycles. The fourth-order valence-corrected chi connectivity index (χ4v) is 3.93. The molecule has 0 bridgehead atoms. The highest BCUT2D eigenvalue weighted by Gasteiger charge is 2.28. The molecule has 0 spiro atoms. The van der Waals surface area contributed by atoms with Gasteiger partial charge in [-0.3, -0.25) is 14.6 Å². The molecule has 26 heavy (non-hydrogen) atoms. The summed E-state index contributed by atoms with van der Waals surface area (Å²) in [7, 11) is 1.62. The summed E-state index contributed by atoms with van der Waals surface area (Å²) in [5.74, 6) is 0.719. The average molecular weight is 361 g/mol. The van der Waals surface area contributed by atoms with Crippen LogP contribution in [-0.4, -0.2) is 74.3 Å². The van der Waals surface area contributed by atoms with Gasteiger partial charge in [-0.15, -0.1) is 0 Å². The standard InChI is InChI=1S/C20H31N3O3/c1-15-4-5-19(25-3)18(12-15)21-20(24)14-22-8-6-17(7-9-22)23-10-11-26-16(2)13-23/h4-5,12,16-17H,6-11,13-14H2,1-3H3,(H,21,24). The van der Waals surface area contributed by atoms with Gasteiger partial charge in [0, 0.05) is 32.2 Å². The van der Waals surface area contributed by atoms with Crippen molar-refractivity contribution >= 4 is 11.6 Å². The number of morpholine rings is 1. The number of nitrogens with zero attached hydrogens (tertiary/aromatic N) is 2. The molecule has 1 atom stereocenters. The van der Waals surface area contributed by atoms with Crippen molar-refractivity contribution in [3.63, 3.8) is 0 Å². The molecule has 144 valence electrons. The van der Waals surface area contributed by atoms with Crippen LogP contribution < -0.4 is 10.1 Å². The Morgan fingerprint density at radius 3 is 2.77 bits per heavy atom. The molecule has 2 heterocycles. The lowest BCUT2D eigenvalue weighted by Crippen LogP contribution is -2.51. The summed E-state index contributed by atoms with van der Waals surface area (Å²) in [6.45, 7) is 9.41. The second kappa shape index (κ2) is 8.84. The van der Waals surface area contributed by atoms with E-state index in [0.717, 1.165) is 56.9 Å². The van der Waals surface area contributed by atoms with Crippen LogP contribution in [0, 0.1) is 6.92 Å². The first kappa shape index (κ1) is 19.1. The highest BCUT2D eigenvalue weighted by atomic mass is 16.5. The van der Waals surface area contributed by atoms with Gasteiger partial charge in [0.05, 0.1) is 32.1 Å². The van der Waals surface area contributed by atoms with Crippen molar-refractivity contribution in [3.8, 4) is 5.75 Å². The predicted molar refractivity (Wildman–Crippen MR) is 103 cm³/mol. The number of methoxy groups -OCH3 is 1. The lowest BCUT2D eigenvalue weighted by Gasteiger charge is -2.41. The first-order chi connectivity index (χ1) is 12.5. The third-order valence-corrected chi connectivity index (χ3v) is 5.34. The van der Waals surface area contributed by atoms with Gasteiger partial charge in [0.15, 0.2) is 0 Å². The number of ether oxygens (including phenoxy) is 2. The zero-order valence-electron chi connectivity index (χ0n) is 16.2. The Hall–Kier alpha value is -1.63. The Kier molecular flexibility index (Phi) is 6.51. The van der Waals surface area contributed by atoms with E-state index in [1.807, 2.05) is 25.1 Å². The maximum atomic E-state index is 12.5. The van der Waals surface area contributed by atoms with Crippen LogP contribution in [0.3, 0.4) is 0 Å². The Morgan fingerprint density at radius 2 is 2.08 bits per heavy atom. The molecule has 2 fully saturated rings. The van der Waals surface area contributed by atoms with Crippen molar-refractivity contribution in [2.24, 2.45) is 0 Å². The smallest absolute Gasteiger partial charge is 0.238 e. The maximum absolute atomic E-state index is 12.5. The highest BCUT2D eigenvalue weighted by Crippen LogP contribution is 2.25. The first-order valence-corrected chi connectivity index (χ1v) is 9.57. The van der Waals surface area contributed by atoms with Gasteiger partial charge in [-0.05, 0) is 44.4 Å². The number of likely N-dealkylation sites (tertiary alicyclic amines) is 1. The van der Waals surface area contributed by atoms with Gasteiger partial charge in [0.25, 0.3) is 0 Å². The molecule has 0 radical (unpaired) electrons. The molecule has 1 unspecified atom stereocenters. The molecular formula is C20H31N3O3. The molecule has 0 saturated carbocycles. The van der Waals surface area contributed by atoms with Gasteiger partial charge in [0.1, 0.15) is 5.75 Å². The van der Waals surface area contributed by atoms with Crippen LogP contribution in [0.5, 0.6) is 5.75 Å².